The summed E-state index contributed by atoms with van der Waals surface area (Å²) in [6.07, 6.45) is 6.22. The first-order valence-corrected chi connectivity index (χ1v) is 19.2. The van der Waals surface area contributed by atoms with Gasteiger partial charge in [-0.3, -0.25) is 0 Å². The van der Waals surface area contributed by atoms with Gasteiger partial charge >= 0.3 is 0 Å². The first-order valence-electron chi connectivity index (χ1n) is 19.2. The Hall–Kier alpha value is -5.86. The molecule has 2 aliphatic carbocycles. The molecule has 0 saturated heterocycles. The van der Waals surface area contributed by atoms with Crippen molar-refractivity contribution in [3.8, 4) is 22.3 Å². The average Bonchev–Trinajstić information content (AvgIpc) is 3.70. The van der Waals surface area contributed by atoms with E-state index >= 15 is 0 Å². The van der Waals surface area contributed by atoms with Gasteiger partial charge in [0.05, 0.1) is 0 Å². The van der Waals surface area contributed by atoms with Gasteiger partial charge in [0, 0.05) is 44.7 Å². The molecule has 0 spiro atoms. The van der Waals surface area contributed by atoms with Gasteiger partial charge in [-0.15, -0.1) is 0 Å². The third kappa shape index (κ3) is 5.07. The van der Waals surface area contributed by atoms with Crippen LogP contribution < -0.4 is 4.90 Å². The van der Waals surface area contributed by atoms with E-state index < -0.39 is 0 Å². The largest absolute Gasteiger partial charge is 0.456 e. The predicted octanol–water partition coefficient (Wildman–Crippen LogP) is 14.3. The maximum absolute atomic E-state index is 6.66. The summed E-state index contributed by atoms with van der Waals surface area (Å²) in [7, 11) is 0. The van der Waals surface area contributed by atoms with Gasteiger partial charge in [-0.2, -0.15) is 0 Å². The summed E-state index contributed by atoms with van der Waals surface area (Å²) in [4.78, 5) is 2.42. The molecule has 1 heterocycles. The number of hydrogen-bond acceptors (Lipinski definition) is 2. The zero-order valence-corrected chi connectivity index (χ0v) is 30.5. The van der Waals surface area contributed by atoms with Gasteiger partial charge in [0.1, 0.15) is 11.2 Å². The summed E-state index contributed by atoms with van der Waals surface area (Å²) in [5.41, 5.74) is 15.8. The number of furan rings is 1. The van der Waals surface area contributed by atoms with Crippen LogP contribution in [0.3, 0.4) is 0 Å². The maximum atomic E-state index is 6.66. The topological polar surface area (TPSA) is 16.4 Å². The molecule has 258 valence electrons. The highest BCUT2D eigenvalue weighted by Crippen LogP contribution is 2.51. The lowest BCUT2D eigenvalue weighted by Crippen LogP contribution is -2.30. The fraction of sp³-hybridized carbons (Fsp3) is 0.176. The van der Waals surface area contributed by atoms with Gasteiger partial charge in [-0.1, -0.05) is 148 Å². The van der Waals surface area contributed by atoms with Crippen molar-refractivity contribution in [2.24, 2.45) is 0 Å². The van der Waals surface area contributed by atoms with E-state index in [1.807, 2.05) is 0 Å². The first-order chi connectivity index (χ1) is 26.0. The Labute approximate surface area is 312 Å². The fourth-order valence-electron chi connectivity index (χ4n) is 9.69. The van der Waals surface area contributed by atoms with Crippen LogP contribution >= 0.6 is 0 Å². The summed E-state index contributed by atoms with van der Waals surface area (Å²) in [6, 6.07) is 60.4. The van der Waals surface area contributed by atoms with Crippen molar-refractivity contribution < 1.29 is 4.42 Å². The molecule has 53 heavy (non-hydrogen) atoms. The van der Waals surface area contributed by atoms with E-state index in [2.05, 4.69) is 183 Å². The Balaban J connectivity index is 1.14. The Bertz CT molecular complexity index is 2610. The monoisotopic (exact) mass is 685 g/mol. The highest BCUT2D eigenvalue weighted by atomic mass is 16.3. The third-order valence-electron chi connectivity index (χ3n) is 12.4. The van der Waals surface area contributed by atoms with E-state index in [0.29, 0.717) is 0 Å². The minimum Gasteiger partial charge on any atom is -0.456 e. The van der Waals surface area contributed by atoms with Crippen molar-refractivity contribution in [3.05, 3.63) is 186 Å². The van der Waals surface area contributed by atoms with Crippen LogP contribution in [0.25, 0.3) is 44.2 Å². The number of benzene rings is 7. The summed E-state index contributed by atoms with van der Waals surface area (Å²) in [6.45, 7) is 4.70. The minimum absolute atomic E-state index is 0.0493. The van der Waals surface area contributed by atoms with Gasteiger partial charge in [0.2, 0.25) is 0 Å². The highest BCUT2D eigenvalue weighted by molar-refractivity contribution is 6.13. The third-order valence-corrected chi connectivity index (χ3v) is 12.4. The maximum Gasteiger partial charge on any atom is 0.137 e. The molecular formula is C51H43NO. The number of rotatable bonds is 6. The summed E-state index contributed by atoms with van der Waals surface area (Å²) < 4.78 is 6.66. The molecule has 0 aliphatic heterocycles. The van der Waals surface area contributed by atoms with E-state index in [4.69, 9.17) is 4.42 Å². The van der Waals surface area contributed by atoms with Crippen molar-refractivity contribution in [1.82, 2.24) is 0 Å². The van der Waals surface area contributed by atoms with Crippen molar-refractivity contribution in [2.45, 2.75) is 56.8 Å². The number of fused-ring (bicyclic) bond motifs is 6. The van der Waals surface area contributed by atoms with E-state index in [9.17, 15) is 0 Å². The SMILES string of the molecule is CC1(C)c2ccccc2-c2cc(N(c3ccc(C4(c5ccccc5)CCCCC4)cc3)c3ccc4c(c3)oc3cccc(-c5ccccc5)c34)ccc21. The zero-order chi connectivity index (χ0) is 35.6. The molecule has 1 fully saturated rings. The zero-order valence-electron chi connectivity index (χ0n) is 30.5. The van der Waals surface area contributed by atoms with E-state index in [0.717, 1.165) is 39.0 Å². The lowest BCUT2D eigenvalue weighted by molar-refractivity contribution is 0.346. The van der Waals surface area contributed by atoms with Crippen LogP contribution in [0.4, 0.5) is 17.1 Å². The van der Waals surface area contributed by atoms with E-state index in [-0.39, 0.29) is 10.8 Å². The number of hydrogen-bond donors (Lipinski definition) is 0. The number of anilines is 3. The molecule has 0 unspecified atom stereocenters. The molecule has 1 saturated carbocycles. The molecule has 0 radical (unpaired) electrons. The summed E-state index contributed by atoms with van der Waals surface area (Å²) in [5.74, 6) is 0. The summed E-state index contributed by atoms with van der Waals surface area (Å²) in [5, 5.41) is 2.29. The fourth-order valence-corrected chi connectivity index (χ4v) is 9.69. The molecule has 2 aliphatic rings. The van der Waals surface area contributed by atoms with Gasteiger partial charge in [0.25, 0.3) is 0 Å². The predicted molar refractivity (Wildman–Crippen MR) is 222 cm³/mol. The molecule has 1 aromatic heterocycles. The van der Waals surface area contributed by atoms with Crippen LogP contribution in [0.1, 0.15) is 68.2 Å². The average molecular weight is 686 g/mol. The second-order valence-corrected chi connectivity index (χ2v) is 15.6. The van der Waals surface area contributed by atoms with Crippen LogP contribution in [-0.4, -0.2) is 0 Å². The molecule has 8 aromatic rings. The Kier molecular flexibility index (Phi) is 7.44. The minimum atomic E-state index is -0.0493. The van der Waals surface area contributed by atoms with Crippen molar-refractivity contribution in [2.75, 3.05) is 4.90 Å². The Morgan fingerprint density at radius 2 is 1.09 bits per heavy atom. The second kappa shape index (κ2) is 12.4. The molecule has 7 aromatic carbocycles. The van der Waals surface area contributed by atoms with Gasteiger partial charge in [0.15, 0.2) is 0 Å². The van der Waals surface area contributed by atoms with Crippen molar-refractivity contribution in [3.63, 3.8) is 0 Å². The van der Waals surface area contributed by atoms with Gasteiger partial charge in [-0.05, 0) is 99.8 Å². The molecular weight excluding hydrogens is 643 g/mol. The van der Waals surface area contributed by atoms with Crippen LogP contribution in [-0.2, 0) is 10.8 Å². The standard InChI is InChI=1S/C51H43NO/c1-50(2)45-21-11-10-19-42(45)44-33-39(28-30-46(44)50)52(38-25-23-37(24-26-38)51(31-12-5-13-32-51)36-17-8-4-9-18-36)40-27-29-43-48(34-40)53-47-22-14-20-41(49(43)47)35-15-6-3-7-16-35/h3-4,6-11,14-30,33-34H,5,12-13,31-32H2,1-2H3. The molecule has 0 atom stereocenters. The van der Waals surface area contributed by atoms with Crippen molar-refractivity contribution >= 4 is 39.0 Å². The molecule has 2 nitrogen and oxygen atoms in total. The number of nitrogens with zero attached hydrogens (tertiary/aromatic N) is 1. The quantitative estimate of drug-likeness (QED) is 0.173. The van der Waals surface area contributed by atoms with Crippen molar-refractivity contribution in [1.29, 1.82) is 0 Å². The Morgan fingerprint density at radius 3 is 1.89 bits per heavy atom. The lowest BCUT2D eigenvalue weighted by atomic mass is 9.65. The van der Waals surface area contributed by atoms with Gasteiger partial charge in [-0.25, -0.2) is 0 Å². The smallest absolute Gasteiger partial charge is 0.137 e. The molecule has 2 heteroatoms. The molecule has 0 N–H and O–H groups in total. The van der Waals surface area contributed by atoms with Crippen LogP contribution in [0, 0.1) is 0 Å². The highest BCUT2D eigenvalue weighted by Gasteiger charge is 2.37. The first kappa shape index (κ1) is 31.8. The lowest BCUT2D eigenvalue weighted by Gasteiger charge is -2.39. The Morgan fingerprint density at radius 1 is 0.472 bits per heavy atom. The van der Waals surface area contributed by atoms with Crippen LogP contribution in [0.15, 0.2) is 168 Å². The van der Waals surface area contributed by atoms with Crippen LogP contribution in [0.5, 0.6) is 0 Å². The summed E-state index contributed by atoms with van der Waals surface area (Å²) >= 11 is 0. The van der Waals surface area contributed by atoms with Crippen LogP contribution in [0.2, 0.25) is 0 Å². The van der Waals surface area contributed by atoms with Gasteiger partial charge < -0.3 is 9.32 Å². The molecule has 10 rings (SSSR count). The molecule has 0 amide bonds. The second-order valence-electron chi connectivity index (χ2n) is 15.6. The normalized spacial score (nSPS) is 15.7. The molecule has 0 bridgehead atoms. The van der Waals surface area contributed by atoms with E-state index in [1.165, 1.54) is 76.6 Å². The van der Waals surface area contributed by atoms with E-state index in [1.54, 1.807) is 0 Å².